The number of rotatable bonds is 5. The van der Waals surface area contributed by atoms with Crippen LogP contribution < -0.4 is 10.6 Å². The fourth-order valence-corrected chi connectivity index (χ4v) is 3.11. The molecule has 1 heterocycles. The molecule has 23 heavy (non-hydrogen) atoms. The molecule has 0 atom stereocenters. The third kappa shape index (κ3) is 4.18. The SMILES string of the molecule is CC(C)c1ccccc1Nc1cnnc(NC2CCCCC2)n1. The Kier molecular flexibility index (Phi) is 5.05. The molecule has 0 spiro atoms. The highest BCUT2D eigenvalue weighted by Gasteiger charge is 2.14. The number of benzene rings is 1. The standard InChI is InChI=1S/C18H25N5/c1-13(2)15-10-6-7-11-16(15)21-17-12-19-23-18(22-17)20-14-8-4-3-5-9-14/h6-7,10-14H,3-5,8-9H2,1-2H3,(H2,20,21,22,23). The molecule has 1 saturated carbocycles. The molecule has 0 aliphatic heterocycles. The second-order valence-corrected chi connectivity index (χ2v) is 6.51. The maximum Gasteiger partial charge on any atom is 0.244 e. The van der Waals surface area contributed by atoms with Gasteiger partial charge in [0.25, 0.3) is 0 Å². The van der Waals surface area contributed by atoms with Crippen LogP contribution >= 0.6 is 0 Å². The highest BCUT2D eigenvalue weighted by Crippen LogP contribution is 2.26. The normalized spacial score (nSPS) is 15.6. The molecule has 122 valence electrons. The monoisotopic (exact) mass is 311 g/mol. The molecule has 1 aliphatic carbocycles. The Balaban J connectivity index is 1.72. The van der Waals surface area contributed by atoms with Crippen molar-refractivity contribution in [1.82, 2.24) is 15.2 Å². The first-order chi connectivity index (χ1) is 11.2. The zero-order chi connectivity index (χ0) is 16.1. The van der Waals surface area contributed by atoms with E-state index >= 15 is 0 Å². The van der Waals surface area contributed by atoms with E-state index in [1.165, 1.54) is 37.7 Å². The van der Waals surface area contributed by atoms with E-state index in [9.17, 15) is 0 Å². The molecule has 1 aromatic heterocycles. The van der Waals surface area contributed by atoms with Crippen molar-refractivity contribution < 1.29 is 0 Å². The first-order valence-corrected chi connectivity index (χ1v) is 8.54. The van der Waals surface area contributed by atoms with Gasteiger partial charge in [0.2, 0.25) is 5.95 Å². The number of anilines is 3. The van der Waals surface area contributed by atoms with Crippen LogP contribution in [0.2, 0.25) is 0 Å². The summed E-state index contributed by atoms with van der Waals surface area (Å²) in [5.41, 5.74) is 2.35. The minimum absolute atomic E-state index is 0.452. The van der Waals surface area contributed by atoms with Crippen molar-refractivity contribution in [3.63, 3.8) is 0 Å². The van der Waals surface area contributed by atoms with Gasteiger partial charge >= 0.3 is 0 Å². The van der Waals surface area contributed by atoms with Crippen LogP contribution in [-0.2, 0) is 0 Å². The van der Waals surface area contributed by atoms with Crippen LogP contribution in [0.5, 0.6) is 0 Å². The lowest BCUT2D eigenvalue weighted by atomic mass is 9.96. The van der Waals surface area contributed by atoms with Crippen molar-refractivity contribution in [3.8, 4) is 0 Å². The second-order valence-electron chi connectivity index (χ2n) is 6.51. The number of hydrogen-bond acceptors (Lipinski definition) is 5. The van der Waals surface area contributed by atoms with Crippen molar-refractivity contribution in [1.29, 1.82) is 0 Å². The van der Waals surface area contributed by atoms with Gasteiger partial charge in [-0.2, -0.15) is 10.1 Å². The Morgan fingerprint density at radius 3 is 2.65 bits per heavy atom. The summed E-state index contributed by atoms with van der Waals surface area (Å²) in [5, 5.41) is 15.0. The summed E-state index contributed by atoms with van der Waals surface area (Å²) in [7, 11) is 0. The molecule has 1 aromatic carbocycles. The van der Waals surface area contributed by atoms with Gasteiger partial charge in [-0.15, -0.1) is 5.10 Å². The molecule has 2 N–H and O–H groups in total. The molecule has 3 rings (SSSR count). The van der Waals surface area contributed by atoms with E-state index in [0.717, 1.165) is 11.5 Å². The van der Waals surface area contributed by atoms with Crippen molar-refractivity contribution in [3.05, 3.63) is 36.0 Å². The van der Waals surface area contributed by atoms with Crippen LogP contribution in [0.3, 0.4) is 0 Å². The van der Waals surface area contributed by atoms with Crippen LogP contribution in [0.25, 0.3) is 0 Å². The van der Waals surface area contributed by atoms with E-state index in [0.29, 0.717) is 17.9 Å². The third-order valence-corrected chi connectivity index (χ3v) is 4.34. The maximum absolute atomic E-state index is 4.57. The quantitative estimate of drug-likeness (QED) is 0.852. The van der Waals surface area contributed by atoms with Gasteiger partial charge in [-0.1, -0.05) is 51.3 Å². The molecular formula is C18H25N5. The average molecular weight is 311 g/mol. The van der Waals surface area contributed by atoms with Gasteiger partial charge in [0, 0.05) is 11.7 Å². The minimum Gasteiger partial charge on any atom is -0.350 e. The van der Waals surface area contributed by atoms with Crippen molar-refractivity contribution >= 4 is 17.5 Å². The van der Waals surface area contributed by atoms with Gasteiger partial charge in [-0.05, 0) is 30.4 Å². The Labute approximate surface area is 137 Å². The smallest absolute Gasteiger partial charge is 0.244 e. The molecule has 0 bridgehead atoms. The summed E-state index contributed by atoms with van der Waals surface area (Å²) in [6.07, 6.45) is 7.96. The van der Waals surface area contributed by atoms with E-state index < -0.39 is 0 Å². The fourth-order valence-electron chi connectivity index (χ4n) is 3.11. The van der Waals surface area contributed by atoms with Crippen molar-refractivity contribution in [2.75, 3.05) is 10.6 Å². The molecular weight excluding hydrogens is 286 g/mol. The minimum atomic E-state index is 0.452. The summed E-state index contributed by atoms with van der Waals surface area (Å²) in [6, 6.07) is 8.79. The van der Waals surface area contributed by atoms with Gasteiger partial charge in [0.1, 0.15) is 0 Å². The van der Waals surface area contributed by atoms with Gasteiger partial charge in [-0.3, -0.25) is 0 Å². The van der Waals surface area contributed by atoms with Gasteiger partial charge in [0.05, 0.1) is 6.20 Å². The second kappa shape index (κ2) is 7.40. The highest BCUT2D eigenvalue weighted by molar-refractivity contribution is 5.61. The summed E-state index contributed by atoms with van der Waals surface area (Å²) in [4.78, 5) is 4.57. The number of nitrogens with zero attached hydrogens (tertiary/aromatic N) is 3. The van der Waals surface area contributed by atoms with E-state index in [1.807, 2.05) is 6.07 Å². The first kappa shape index (κ1) is 15.7. The van der Waals surface area contributed by atoms with Crippen molar-refractivity contribution in [2.45, 2.75) is 57.9 Å². The highest BCUT2D eigenvalue weighted by atomic mass is 15.3. The molecule has 0 saturated heterocycles. The topological polar surface area (TPSA) is 62.7 Å². The number of aromatic nitrogens is 3. The Hall–Kier alpha value is -2.17. The molecule has 0 radical (unpaired) electrons. The molecule has 1 aliphatic rings. The van der Waals surface area contributed by atoms with Crippen LogP contribution in [0.1, 0.15) is 57.4 Å². The van der Waals surface area contributed by atoms with E-state index in [4.69, 9.17) is 0 Å². The van der Waals surface area contributed by atoms with Gasteiger partial charge in [-0.25, -0.2) is 0 Å². The van der Waals surface area contributed by atoms with E-state index in [-0.39, 0.29) is 0 Å². The summed E-state index contributed by atoms with van der Waals surface area (Å²) in [6.45, 7) is 4.38. The Morgan fingerprint density at radius 2 is 1.87 bits per heavy atom. The number of nitrogens with one attached hydrogen (secondary N) is 2. The van der Waals surface area contributed by atoms with Crippen LogP contribution in [0.15, 0.2) is 30.5 Å². The zero-order valence-corrected chi connectivity index (χ0v) is 13.9. The predicted octanol–water partition coefficient (Wildman–Crippen LogP) is 4.48. The van der Waals surface area contributed by atoms with Crippen LogP contribution in [-0.4, -0.2) is 21.2 Å². The largest absolute Gasteiger partial charge is 0.350 e. The van der Waals surface area contributed by atoms with E-state index in [2.05, 4.69) is 57.9 Å². The van der Waals surface area contributed by atoms with E-state index in [1.54, 1.807) is 6.20 Å². The fraction of sp³-hybridized carbons (Fsp3) is 0.500. The lowest BCUT2D eigenvalue weighted by Gasteiger charge is -2.22. The number of para-hydroxylation sites is 1. The summed E-state index contributed by atoms with van der Waals surface area (Å²) in [5.74, 6) is 1.80. The number of hydrogen-bond donors (Lipinski definition) is 2. The third-order valence-electron chi connectivity index (χ3n) is 4.34. The summed E-state index contributed by atoms with van der Waals surface area (Å²) < 4.78 is 0. The predicted molar refractivity (Wildman–Crippen MR) is 94.1 cm³/mol. The molecule has 2 aromatic rings. The maximum atomic E-state index is 4.57. The van der Waals surface area contributed by atoms with Gasteiger partial charge < -0.3 is 10.6 Å². The van der Waals surface area contributed by atoms with Crippen molar-refractivity contribution in [2.24, 2.45) is 0 Å². The molecule has 5 heteroatoms. The van der Waals surface area contributed by atoms with Gasteiger partial charge in [0.15, 0.2) is 5.82 Å². The molecule has 5 nitrogen and oxygen atoms in total. The lowest BCUT2D eigenvalue weighted by Crippen LogP contribution is -2.23. The van der Waals surface area contributed by atoms with Crippen LogP contribution in [0.4, 0.5) is 17.5 Å². The zero-order valence-electron chi connectivity index (χ0n) is 13.9. The molecule has 0 amide bonds. The Bertz CT molecular complexity index is 635. The van der Waals surface area contributed by atoms with Crippen LogP contribution in [0, 0.1) is 0 Å². The lowest BCUT2D eigenvalue weighted by molar-refractivity contribution is 0.460. The molecule has 0 unspecified atom stereocenters. The first-order valence-electron chi connectivity index (χ1n) is 8.54. The molecule has 1 fully saturated rings. The average Bonchev–Trinajstić information content (AvgIpc) is 2.56. The Morgan fingerprint density at radius 1 is 1.09 bits per heavy atom. The summed E-state index contributed by atoms with van der Waals surface area (Å²) >= 11 is 0.